The highest BCUT2D eigenvalue weighted by Crippen LogP contribution is 2.44. The molecule has 0 aromatic carbocycles. The van der Waals surface area contributed by atoms with Crippen molar-refractivity contribution < 1.29 is 0 Å². The van der Waals surface area contributed by atoms with Crippen molar-refractivity contribution in [2.75, 3.05) is 20.1 Å². The van der Waals surface area contributed by atoms with E-state index >= 15 is 0 Å². The van der Waals surface area contributed by atoms with Crippen LogP contribution in [0.4, 0.5) is 0 Å². The summed E-state index contributed by atoms with van der Waals surface area (Å²) in [5, 5.41) is 10.8. The number of guanidine groups is 1. The van der Waals surface area contributed by atoms with Crippen LogP contribution in [0, 0.1) is 11.8 Å². The molecule has 4 rings (SSSR count). The lowest BCUT2D eigenvalue weighted by Gasteiger charge is -2.33. The number of hydrogen-bond acceptors (Lipinski definition) is 3. The minimum Gasteiger partial charge on any atom is -0.353 e. The predicted octanol–water partition coefficient (Wildman–Crippen LogP) is 3.15. The first-order valence-corrected chi connectivity index (χ1v) is 9.68. The Morgan fingerprint density at radius 1 is 1.20 bits per heavy atom. The van der Waals surface area contributed by atoms with E-state index < -0.39 is 0 Å². The molecule has 2 aliphatic carbocycles. The maximum absolute atomic E-state index is 4.55. The Kier molecular flexibility index (Phi) is 6.57. The van der Waals surface area contributed by atoms with Crippen LogP contribution in [0.5, 0.6) is 0 Å². The minimum atomic E-state index is 0. The Hall–Kier alpha value is -0.860. The number of likely N-dealkylation sites (tertiary alicyclic amines) is 1. The third-order valence-electron chi connectivity index (χ3n) is 6.24. The number of aliphatic imine (C=N–C) groups is 1. The SMILES string of the molecule is CN=C(NC1CC1C1CCCCC1)N1CCC(c2ncn[nH]2)CC1.I. The van der Waals surface area contributed by atoms with Crippen molar-refractivity contribution in [2.45, 2.75) is 63.3 Å². The van der Waals surface area contributed by atoms with E-state index in [1.165, 1.54) is 38.5 Å². The topological polar surface area (TPSA) is 69.2 Å². The summed E-state index contributed by atoms with van der Waals surface area (Å²) in [6.45, 7) is 2.09. The monoisotopic (exact) mass is 458 g/mol. The second-order valence-electron chi connectivity index (χ2n) is 7.73. The quantitative estimate of drug-likeness (QED) is 0.415. The Morgan fingerprint density at radius 3 is 2.60 bits per heavy atom. The number of H-pyrrole nitrogens is 1. The zero-order valence-corrected chi connectivity index (χ0v) is 17.5. The molecule has 1 saturated heterocycles. The van der Waals surface area contributed by atoms with Gasteiger partial charge in [-0.2, -0.15) is 5.10 Å². The van der Waals surface area contributed by atoms with E-state index in [2.05, 4.69) is 30.4 Å². The number of nitrogens with one attached hydrogen (secondary N) is 2. The van der Waals surface area contributed by atoms with Gasteiger partial charge in [0.25, 0.3) is 0 Å². The zero-order valence-electron chi connectivity index (χ0n) is 15.2. The van der Waals surface area contributed by atoms with Gasteiger partial charge in [0, 0.05) is 32.1 Å². The Morgan fingerprint density at radius 2 is 1.96 bits per heavy atom. The molecule has 6 nitrogen and oxygen atoms in total. The van der Waals surface area contributed by atoms with Gasteiger partial charge in [-0.25, -0.2) is 4.98 Å². The van der Waals surface area contributed by atoms with Crippen LogP contribution in [0.15, 0.2) is 11.3 Å². The van der Waals surface area contributed by atoms with E-state index in [0.29, 0.717) is 12.0 Å². The van der Waals surface area contributed by atoms with Crippen LogP contribution in [0.2, 0.25) is 0 Å². The van der Waals surface area contributed by atoms with E-state index in [1.54, 1.807) is 6.33 Å². The Balaban J connectivity index is 0.00000182. The highest BCUT2D eigenvalue weighted by molar-refractivity contribution is 14.0. The summed E-state index contributed by atoms with van der Waals surface area (Å²) in [5.74, 6) is 4.52. The molecule has 2 saturated carbocycles. The van der Waals surface area contributed by atoms with Crippen molar-refractivity contribution in [2.24, 2.45) is 16.8 Å². The lowest BCUT2D eigenvalue weighted by molar-refractivity contribution is 0.293. The average molecular weight is 458 g/mol. The lowest BCUT2D eigenvalue weighted by atomic mass is 9.85. The van der Waals surface area contributed by atoms with E-state index in [9.17, 15) is 0 Å². The predicted molar refractivity (Wildman–Crippen MR) is 110 cm³/mol. The van der Waals surface area contributed by atoms with E-state index in [0.717, 1.165) is 49.6 Å². The first-order valence-electron chi connectivity index (χ1n) is 9.68. The van der Waals surface area contributed by atoms with Gasteiger partial charge in [-0.3, -0.25) is 10.1 Å². The molecule has 0 spiro atoms. The van der Waals surface area contributed by atoms with Crippen LogP contribution in [-0.2, 0) is 0 Å². The molecule has 0 radical (unpaired) electrons. The second kappa shape index (κ2) is 8.68. The highest BCUT2D eigenvalue weighted by Gasteiger charge is 2.44. The van der Waals surface area contributed by atoms with Crippen molar-refractivity contribution in [3.63, 3.8) is 0 Å². The van der Waals surface area contributed by atoms with Gasteiger partial charge >= 0.3 is 0 Å². The molecule has 3 aliphatic rings. The highest BCUT2D eigenvalue weighted by atomic mass is 127. The molecular weight excluding hydrogens is 427 g/mol. The van der Waals surface area contributed by atoms with Crippen molar-refractivity contribution in [1.29, 1.82) is 0 Å². The molecule has 140 valence electrons. The molecule has 0 amide bonds. The number of nitrogens with zero attached hydrogens (tertiary/aromatic N) is 4. The third-order valence-corrected chi connectivity index (χ3v) is 6.24. The normalized spacial score (nSPS) is 28.5. The summed E-state index contributed by atoms with van der Waals surface area (Å²) in [6.07, 6.45) is 12.4. The molecule has 1 aliphatic heterocycles. The van der Waals surface area contributed by atoms with E-state index in [-0.39, 0.29) is 24.0 Å². The number of aromatic amines is 1. The van der Waals surface area contributed by atoms with Gasteiger partial charge in [0.15, 0.2) is 5.96 Å². The average Bonchev–Trinajstić information content (AvgIpc) is 3.20. The molecule has 2 unspecified atom stereocenters. The maximum atomic E-state index is 4.55. The number of hydrogen-bond donors (Lipinski definition) is 2. The van der Waals surface area contributed by atoms with Gasteiger partial charge < -0.3 is 10.2 Å². The Bertz CT molecular complexity index is 546. The van der Waals surface area contributed by atoms with Crippen molar-refractivity contribution in [3.05, 3.63) is 12.2 Å². The van der Waals surface area contributed by atoms with Crippen LogP contribution in [0.1, 0.15) is 63.1 Å². The van der Waals surface area contributed by atoms with E-state index in [4.69, 9.17) is 0 Å². The van der Waals surface area contributed by atoms with Crippen LogP contribution in [0.3, 0.4) is 0 Å². The number of piperidine rings is 1. The van der Waals surface area contributed by atoms with Gasteiger partial charge in [0.2, 0.25) is 0 Å². The standard InChI is InChI=1S/C18H30N6.HI/c1-19-18(22-16-11-15(16)13-5-3-2-4-6-13)24-9-7-14(8-10-24)17-20-12-21-23-17;/h12-16H,2-11H2,1H3,(H,19,22)(H,20,21,23);1H. The zero-order chi connectivity index (χ0) is 16.4. The van der Waals surface area contributed by atoms with Gasteiger partial charge in [0.1, 0.15) is 12.2 Å². The largest absolute Gasteiger partial charge is 0.353 e. The number of rotatable bonds is 3. The first kappa shape index (κ1) is 18.9. The van der Waals surface area contributed by atoms with Crippen LogP contribution >= 0.6 is 24.0 Å². The summed E-state index contributed by atoms with van der Waals surface area (Å²) < 4.78 is 0. The summed E-state index contributed by atoms with van der Waals surface area (Å²) in [7, 11) is 1.92. The Labute approximate surface area is 167 Å². The molecular formula is C18H31IN6. The molecule has 25 heavy (non-hydrogen) atoms. The van der Waals surface area contributed by atoms with Crippen molar-refractivity contribution in [1.82, 2.24) is 25.4 Å². The lowest BCUT2D eigenvalue weighted by Crippen LogP contribution is -2.46. The number of aromatic nitrogens is 3. The fourth-order valence-electron chi connectivity index (χ4n) is 4.70. The molecule has 1 aromatic rings. The molecule has 7 heteroatoms. The van der Waals surface area contributed by atoms with Crippen molar-refractivity contribution in [3.8, 4) is 0 Å². The first-order chi connectivity index (χ1) is 11.8. The van der Waals surface area contributed by atoms with Gasteiger partial charge in [0.05, 0.1) is 0 Å². The number of halogens is 1. The smallest absolute Gasteiger partial charge is 0.193 e. The molecule has 0 bridgehead atoms. The fourth-order valence-corrected chi connectivity index (χ4v) is 4.70. The van der Waals surface area contributed by atoms with Crippen LogP contribution in [-0.4, -0.2) is 52.2 Å². The van der Waals surface area contributed by atoms with Gasteiger partial charge in [-0.1, -0.05) is 32.1 Å². The summed E-state index contributed by atoms with van der Waals surface area (Å²) in [6, 6.07) is 0.666. The van der Waals surface area contributed by atoms with Crippen molar-refractivity contribution >= 4 is 29.9 Å². The molecule has 2 atom stereocenters. The van der Waals surface area contributed by atoms with Gasteiger partial charge in [-0.05, 0) is 31.1 Å². The third kappa shape index (κ3) is 4.46. The van der Waals surface area contributed by atoms with Crippen LogP contribution < -0.4 is 5.32 Å². The van der Waals surface area contributed by atoms with Crippen LogP contribution in [0.25, 0.3) is 0 Å². The molecule has 2 N–H and O–H groups in total. The second-order valence-corrected chi connectivity index (χ2v) is 7.73. The molecule has 1 aromatic heterocycles. The summed E-state index contributed by atoms with van der Waals surface area (Å²) in [5.41, 5.74) is 0. The fraction of sp³-hybridized carbons (Fsp3) is 0.833. The summed E-state index contributed by atoms with van der Waals surface area (Å²) in [4.78, 5) is 11.3. The maximum Gasteiger partial charge on any atom is 0.193 e. The molecule has 2 heterocycles. The summed E-state index contributed by atoms with van der Waals surface area (Å²) >= 11 is 0. The molecule has 3 fully saturated rings. The minimum absolute atomic E-state index is 0. The van der Waals surface area contributed by atoms with E-state index in [1.807, 2.05) is 7.05 Å². The van der Waals surface area contributed by atoms with Gasteiger partial charge in [-0.15, -0.1) is 24.0 Å².